The van der Waals surface area contributed by atoms with Crippen LogP contribution in [0.25, 0.3) is 0 Å². The van der Waals surface area contributed by atoms with Crippen molar-refractivity contribution in [3.63, 3.8) is 0 Å². The van der Waals surface area contributed by atoms with Gasteiger partial charge >= 0.3 is 6.03 Å². The van der Waals surface area contributed by atoms with Crippen LogP contribution in [0.1, 0.15) is 57.4 Å². The lowest BCUT2D eigenvalue weighted by molar-refractivity contribution is 0.190. The van der Waals surface area contributed by atoms with Gasteiger partial charge in [0.25, 0.3) is 0 Å². The fourth-order valence-electron chi connectivity index (χ4n) is 4.04. The first-order valence-electron chi connectivity index (χ1n) is 11.1. The van der Waals surface area contributed by atoms with Gasteiger partial charge in [-0.25, -0.2) is 9.78 Å². The fraction of sp³-hybridized carbons (Fsp3) is 0.727. The number of carbonyl (C=O) groups excluding carboxylic acids is 1. The molecule has 6 nitrogen and oxygen atoms in total. The summed E-state index contributed by atoms with van der Waals surface area (Å²) in [6.07, 6.45) is 10.7. The molecule has 6 heteroatoms. The zero-order chi connectivity index (χ0) is 19.6. The third-order valence-corrected chi connectivity index (χ3v) is 6.01. The molecular weight excluding hydrogens is 350 g/mol. The van der Waals surface area contributed by atoms with E-state index in [0.29, 0.717) is 6.54 Å². The number of nitrogens with one attached hydrogen (secondary N) is 2. The minimum absolute atomic E-state index is 0.0936. The quantitative estimate of drug-likeness (QED) is 0.704. The Hall–Kier alpha value is -1.82. The van der Waals surface area contributed by atoms with Crippen LogP contribution in [0.5, 0.6) is 0 Å². The summed E-state index contributed by atoms with van der Waals surface area (Å²) in [6.45, 7) is 9.26. The highest BCUT2D eigenvalue weighted by Crippen LogP contribution is 2.17. The summed E-state index contributed by atoms with van der Waals surface area (Å²) in [5.41, 5.74) is 1.04. The summed E-state index contributed by atoms with van der Waals surface area (Å²) in [6, 6.07) is 4.06. The third-order valence-electron chi connectivity index (χ3n) is 6.01. The smallest absolute Gasteiger partial charge is 0.315 e. The normalized spacial score (nSPS) is 19.2. The molecule has 156 valence electrons. The molecule has 0 atom stereocenters. The van der Waals surface area contributed by atoms with Gasteiger partial charge in [-0.1, -0.05) is 25.8 Å². The second-order valence-electron chi connectivity index (χ2n) is 8.41. The maximum atomic E-state index is 12.0. The monoisotopic (exact) mass is 387 g/mol. The van der Waals surface area contributed by atoms with E-state index in [1.54, 1.807) is 0 Å². The summed E-state index contributed by atoms with van der Waals surface area (Å²) in [7, 11) is 0. The van der Waals surface area contributed by atoms with Crippen molar-refractivity contribution in [1.82, 2.24) is 20.5 Å². The average Bonchev–Trinajstić information content (AvgIpc) is 3.01. The van der Waals surface area contributed by atoms with Gasteiger partial charge in [0.1, 0.15) is 5.82 Å². The number of pyridine rings is 1. The fourth-order valence-corrected chi connectivity index (χ4v) is 4.04. The molecule has 0 unspecified atom stereocenters. The molecule has 2 fully saturated rings. The van der Waals surface area contributed by atoms with Crippen LogP contribution in [0.2, 0.25) is 0 Å². The molecule has 0 radical (unpaired) electrons. The van der Waals surface area contributed by atoms with Gasteiger partial charge in [-0.05, 0) is 69.3 Å². The molecule has 2 aliphatic heterocycles. The lowest BCUT2D eigenvalue weighted by Gasteiger charge is -2.30. The van der Waals surface area contributed by atoms with Gasteiger partial charge in [-0.3, -0.25) is 0 Å². The lowest BCUT2D eigenvalue weighted by Crippen LogP contribution is -2.38. The first-order chi connectivity index (χ1) is 13.7. The molecule has 0 aliphatic carbocycles. The standard InChI is InChI=1S/C22H37N5O/c1-19-9-15-26(16-10-19)12-6-11-23-22(28)25-18-20-7-8-21(24-17-20)27-13-4-2-3-5-14-27/h7-8,17,19H,2-6,9-16,18H2,1H3,(H2,23,25,28). The molecule has 2 aliphatic rings. The van der Waals surface area contributed by atoms with Crippen molar-refractivity contribution in [2.45, 2.75) is 58.4 Å². The second kappa shape index (κ2) is 11.2. The maximum absolute atomic E-state index is 12.0. The Kier molecular flexibility index (Phi) is 8.40. The van der Waals surface area contributed by atoms with Crippen molar-refractivity contribution in [3.05, 3.63) is 23.9 Å². The van der Waals surface area contributed by atoms with E-state index >= 15 is 0 Å². The van der Waals surface area contributed by atoms with Gasteiger partial charge in [0.05, 0.1) is 0 Å². The van der Waals surface area contributed by atoms with Gasteiger partial charge in [0, 0.05) is 32.4 Å². The topological polar surface area (TPSA) is 60.5 Å². The minimum atomic E-state index is -0.0936. The molecule has 0 aromatic carbocycles. The van der Waals surface area contributed by atoms with Gasteiger partial charge in [0.15, 0.2) is 0 Å². The maximum Gasteiger partial charge on any atom is 0.315 e. The molecule has 1 aromatic rings. The predicted octanol–water partition coefficient (Wildman–Crippen LogP) is 3.38. The van der Waals surface area contributed by atoms with Crippen molar-refractivity contribution in [2.24, 2.45) is 5.92 Å². The molecule has 3 heterocycles. The van der Waals surface area contributed by atoms with Gasteiger partial charge in [0.2, 0.25) is 0 Å². The van der Waals surface area contributed by atoms with Crippen LogP contribution in [0.3, 0.4) is 0 Å². The van der Waals surface area contributed by atoms with Crippen LogP contribution in [-0.4, -0.2) is 55.2 Å². The average molecular weight is 388 g/mol. The molecule has 0 saturated carbocycles. The Morgan fingerprint density at radius 3 is 2.50 bits per heavy atom. The molecule has 28 heavy (non-hydrogen) atoms. The lowest BCUT2D eigenvalue weighted by atomic mass is 9.99. The van der Waals surface area contributed by atoms with Crippen LogP contribution in [0, 0.1) is 5.92 Å². The predicted molar refractivity (Wildman–Crippen MR) is 115 cm³/mol. The Morgan fingerprint density at radius 2 is 1.82 bits per heavy atom. The number of likely N-dealkylation sites (tertiary alicyclic amines) is 1. The zero-order valence-corrected chi connectivity index (χ0v) is 17.5. The number of piperidine rings is 1. The molecule has 2 amide bonds. The van der Waals surface area contributed by atoms with E-state index in [9.17, 15) is 4.79 Å². The molecule has 1 aromatic heterocycles. The third kappa shape index (κ3) is 6.97. The van der Waals surface area contributed by atoms with Crippen molar-refractivity contribution in [3.8, 4) is 0 Å². The second-order valence-corrected chi connectivity index (χ2v) is 8.41. The number of aromatic nitrogens is 1. The summed E-state index contributed by atoms with van der Waals surface area (Å²) >= 11 is 0. The number of hydrogen-bond acceptors (Lipinski definition) is 4. The molecule has 0 spiro atoms. The summed E-state index contributed by atoms with van der Waals surface area (Å²) < 4.78 is 0. The van der Waals surface area contributed by atoms with Crippen molar-refractivity contribution in [1.29, 1.82) is 0 Å². The van der Waals surface area contributed by atoms with Crippen LogP contribution in [0.15, 0.2) is 18.3 Å². The van der Waals surface area contributed by atoms with Crippen molar-refractivity contribution in [2.75, 3.05) is 44.2 Å². The van der Waals surface area contributed by atoms with Crippen molar-refractivity contribution < 1.29 is 4.79 Å². The van der Waals surface area contributed by atoms with Crippen molar-refractivity contribution >= 4 is 11.8 Å². The van der Waals surface area contributed by atoms with E-state index in [-0.39, 0.29) is 6.03 Å². The number of nitrogens with zero attached hydrogens (tertiary/aromatic N) is 3. The van der Waals surface area contributed by atoms with E-state index in [2.05, 4.69) is 44.5 Å². The Morgan fingerprint density at radius 1 is 1.07 bits per heavy atom. The van der Waals surface area contributed by atoms with Crippen LogP contribution in [-0.2, 0) is 6.54 Å². The minimum Gasteiger partial charge on any atom is -0.357 e. The number of anilines is 1. The number of rotatable bonds is 7. The van der Waals surface area contributed by atoms with Crippen LogP contribution < -0.4 is 15.5 Å². The summed E-state index contributed by atoms with van der Waals surface area (Å²) in [5.74, 6) is 1.93. The first-order valence-corrected chi connectivity index (χ1v) is 11.1. The largest absolute Gasteiger partial charge is 0.357 e. The Bertz CT molecular complexity index is 575. The van der Waals surface area contributed by atoms with E-state index in [4.69, 9.17) is 0 Å². The van der Waals surface area contributed by atoms with Gasteiger partial charge < -0.3 is 20.4 Å². The van der Waals surface area contributed by atoms with E-state index in [0.717, 1.165) is 49.9 Å². The number of carbonyl (C=O) groups is 1. The van der Waals surface area contributed by atoms with E-state index < -0.39 is 0 Å². The molecule has 2 N–H and O–H groups in total. The molecule has 3 rings (SSSR count). The SMILES string of the molecule is CC1CCN(CCCNC(=O)NCc2ccc(N3CCCCCC3)nc2)CC1. The molecule has 0 bridgehead atoms. The number of amides is 2. The van der Waals surface area contributed by atoms with E-state index in [1.807, 2.05) is 6.20 Å². The van der Waals surface area contributed by atoms with Gasteiger partial charge in [-0.15, -0.1) is 0 Å². The highest BCUT2D eigenvalue weighted by molar-refractivity contribution is 5.73. The number of urea groups is 1. The summed E-state index contributed by atoms with van der Waals surface area (Å²) in [5, 5.41) is 5.90. The highest BCUT2D eigenvalue weighted by atomic mass is 16.2. The molecule has 2 saturated heterocycles. The van der Waals surface area contributed by atoms with Gasteiger partial charge in [-0.2, -0.15) is 0 Å². The zero-order valence-electron chi connectivity index (χ0n) is 17.5. The van der Waals surface area contributed by atoms with E-state index in [1.165, 1.54) is 51.6 Å². The Balaban J connectivity index is 1.29. The number of hydrogen-bond donors (Lipinski definition) is 2. The molecular formula is C22H37N5O. The Labute approximate surface area is 170 Å². The van der Waals surface area contributed by atoms with Crippen LogP contribution >= 0.6 is 0 Å². The van der Waals surface area contributed by atoms with Crippen LogP contribution in [0.4, 0.5) is 10.6 Å². The summed E-state index contributed by atoms with van der Waals surface area (Å²) in [4.78, 5) is 21.5. The highest BCUT2D eigenvalue weighted by Gasteiger charge is 2.15. The first kappa shape index (κ1) is 20.9.